The predicted molar refractivity (Wildman–Crippen MR) is 40.3 cm³/mol. The Kier molecular flexibility index (Phi) is 2.37. The van der Waals surface area contributed by atoms with Gasteiger partial charge in [0, 0.05) is 27.3 Å². The number of rotatable bonds is 0. The molecule has 0 aromatic carbocycles. The van der Waals surface area contributed by atoms with Gasteiger partial charge in [0.2, 0.25) is 0 Å². The number of hydrogen-bond donors (Lipinski definition) is 2. The number of nitrogens with zero attached hydrogens (tertiary/aromatic N) is 2. The molecule has 0 spiro atoms. The molecule has 0 aliphatic rings. The van der Waals surface area contributed by atoms with Crippen molar-refractivity contribution in [1.29, 1.82) is 0 Å². The van der Waals surface area contributed by atoms with Gasteiger partial charge in [-0.15, -0.1) is 0 Å². The van der Waals surface area contributed by atoms with Crippen molar-refractivity contribution in [3.05, 3.63) is 22.9 Å². The Morgan fingerprint density at radius 3 is 3.00 bits per heavy atom. The summed E-state index contributed by atoms with van der Waals surface area (Å²) in [4.78, 5) is 17.1. The Morgan fingerprint density at radius 2 is 2.27 bits per heavy atom. The minimum Gasteiger partial charge on any atom is -0.312 e. The fraction of sp³-hybridized carbons (Fsp3) is 0. The van der Waals surface area contributed by atoms with Gasteiger partial charge in [0.1, 0.15) is 5.39 Å². The van der Waals surface area contributed by atoms with E-state index >= 15 is 0 Å². The van der Waals surface area contributed by atoms with Crippen molar-refractivity contribution in [2.45, 2.75) is 0 Å². The van der Waals surface area contributed by atoms with E-state index in [1.54, 1.807) is 0 Å². The van der Waals surface area contributed by atoms with E-state index in [4.69, 9.17) is 0 Å². The number of hydrogen-bond acceptors (Lipinski definition) is 3. The largest absolute Gasteiger partial charge is 0.312 e. The second-order valence-electron chi connectivity index (χ2n) is 1.86. The predicted octanol–water partition coefficient (Wildman–Crippen LogP) is -0.735. The molecule has 2 rings (SSSR count). The van der Waals surface area contributed by atoms with E-state index < -0.39 is 0 Å². The fourth-order valence-electron chi connectivity index (χ4n) is 0.777. The van der Waals surface area contributed by atoms with Gasteiger partial charge in [-0.05, 0) is 0 Å². The molecule has 54 valence electrons. The smallest absolute Gasteiger partial charge is 0.261 e. The molecule has 2 heterocycles. The topological polar surface area (TPSA) is 74.4 Å². The first-order valence-corrected chi connectivity index (χ1v) is 2.75. The zero-order chi connectivity index (χ0) is 6.97. The molecule has 4 radical (unpaired) electrons. The van der Waals surface area contributed by atoms with Crippen LogP contribution in [-0.2, 0) is 0 Å². The van der Waals surface area contributed by atoms with Crippen LogP contribution < -0.4 is 5.56 Å². The number of nitrogens with one attached hydrogen (secondary N) is 2. The third-order valence-corrected chi connectivity index (χ3v) is 1.25. The van der Waals surface area contributed by atoms with Crippen LogP contribution in [-0.4, -0.2) is 47.5 Å². The van der Waals surface area contributed by atoms with Crippen LogP contribution in [0.25, 0.3) is 11.0 Å². The molecule has 5 nitrogen and oxygen atoms in total. The fourth-order valence-corrected chi connectivity index (χ4v) is 0.777. The van der Waals surface area contributed by atoms with Gasteiger partial charge >= 0.3 is 0 Å². The summed E-state index contributed by atoms with van der Waals surface area (Å²) in [5.74, 6) is 0. The maximum atomic E-state index is 10.9. The number of H-pyrrole nitrogens is 2. The molecule has 0 bridgehead atoms. The van der Waals surface area contributed by atoms with Crippen molar-refractivity contribution in [3.63, 3.8) is 0 Å². The van der Waals surface area contributed by atoms with Gasteiger partial charge in [-0.1, -0.05) is 0 Å². The molecule has 0 saturated carbocycles. The summed E-state index contributed by atoms with van der Waals surface area (Å²) in [5.41, 5.74) is 0.350. The van der Waals surface area contributed by atoms with E-state index in [0.717, 1.165) is 0 Å². The maximum Gasteiger partial charge on any atom is 0.261 e. The van der Waals surface area contributed by atoms with Crippen LogP contribution in [0.15, 0.2) is 17.3 Å². The van der Waals surface area contributed by atoms with Crippen LogP contribution in [0.2, 0.25) is 0 Å². The molecule has 0 aliphatic carbocycles. The molecule has 0 amide bonds. The summed E-state index contributed by atoms with van der Waals surface area (Å²) >= 11 is 0. The van der Waals surface area contributed by atoms with Gasteiger partial charge in [-0.3, -0.25) is 9.89 Å². The van der Waals surface area contributed by atoms with Gasteiger partial charge in [-0.25, -0.2) is 4.98 Å². The van der Waals surface area contributed by atoms with Crippen molar-refractivity contribution in [2.24, 2.45) is 0 Å². The van der Waals surface area contributed by atoms with Crippen molar-refractivity contribution in [1.82, 2.24) is 20.2 Å². The molecular weight excluding hydrogens is 339 g/mol. The summed E-state index contributed by atoms with van der Waals surface area (Å²) < 4.78 is 0. The molecule has 6 heteroatoms. The molecule has 11 heavy (non-hydrogen) atoms. The van der Waals surface area contributed by atoms with Gasteiger partial charge in [-0.2, -0.15) is 5.10 Å². The Hall–Kier alpha value is -0.728. The Bertz CT molecular complexity index is 406. The first kappa shape index (κ1) is 8.37. The van der Waals surface area contributed by atoms with Gasteiger partial charge in [0.05, 0.1) is 12.5 Å². The SMILES string of the molecule is O=c1[nH]cnc2[nH]ncc12.[Pb]. The van der Waals surface area contributed by atoms with Crippen LogP contribution >= 0.6 is 0 Å². The van der Waals surface area contributed by atoms with E-state index in [-0.39, 0.29) is 32.9 Å². The van der Waals surface area contributed by atoms with Crippen LogP contribution in [0.3, 0.4) is 0 Å². The second kappa shape index (κ2) is 3.11. The van der Waals surface area contributed by atoms with Crippen LogP contribution in [0.1, 0.15) is 0 Å². The van der Waals surface area contributed by atoms with E-state index in [1.165, 1.54) is 12.5 Å². The molecule has 0 atom stereocenters. The Balaban J connectivity index is 0.000000605. The Morgan fingerprint density at radius 1 is 1.45 bits per heavy atom. The van der Waals surface area contributed by atoms with Crippen molar-refractivity contribution in [2.75, 3.05) is 0 Å². The van der Waals surface area contributed by atoms with E-state index in [9.17, 15) is 4.79 Å². The van der Waals surface area contributed by atoms with Crippen molar-refractivity contribution >= 4 is 38.3 Å². The molecule has 0 saturated heterocycles. The van der Waals surface area contributed by atoms with Gasteiger partial charge < -0.3 is 4.98 Å². The molecule has 0 unspecified atom stereocenters. The van der Waals surface area contributed by atoms with Crippen LogP contribution in [0, 0.1) is 0 Å². The van der Waals surface area contributed by atoms with Crippen LogP contribution in [0.4, 0.5) is 0 Å². The van der Waals surface area contributed by atoms with E-state index in [2.05, 4.69) is 20.2 Å². The monoisotopic (exact) mass is 344 g/mol. The number of aromatic nitrogens is 4. The summed E-state index contributed by atoms with van der Waals surface area (Å²) in [6.07, 6.45) is 2.78. The standard InChI is InChI=1S/C5H4N4O.Pb/c10-5-3-1-8-9-4(3)6-2-7-5;/h1-2H,(H2,6,7,8,9,10);. The van der Waals surface area contributed by atoms with Gasteiger partial charge in [0.15, 0.2) is 5.65 Å². The molecule has 2 aromatic rings. The second-order valence-corrected chi connectivity index (χ2v) is 1.86. The van der Waals surface area contributed by atoms with E-state index in [1.807, 2.05) is 0 Å². The van der Waals surface area contributed by atoms with Crippen molar-refractivity contribution < 1.29 is 0 Å². The first-order valence-electron chi connectivity index (χ1n) is 2.75. The molecule has 0 fully saturated rings. The summed E-state index contributed by atoms with van der Waals surface area (Å²) in [6, 6.07) is 0. The normalized spacial score (nSPS) is 9.45. The average molecular weight is 343 g/mol. The summed E-state index contributed by atoms with van der Waals surface area (Å²) in [6.45, 7) is 0. The summed E-state index contributed by atoms with van der Waals surface area (Å²) in [7, 11) is 0. The number of aromatic amines is 2. The average Bonchev–Trinajstić information content (AvgIpc) is 2.36. The first-order chi connectivity index (χ1) is 4.88. The van der Waals surface area contributed by atoms with E-state index in [0.29, 0.717) is 11.0 Å². The molecule has 0 aliphatic heterocycles. The minimum atomic E-state index is -0.168. The molecule has 2 N–H and O–H groups in total. The zero-order valence-corrected chi connectivity index (χ0v) is 9.34. The van der Waals surface area contributed by atoms with Gasteiger partial charge in [0.25, 0.3) is 5.56 Å². The Labute approximate surface area is 81.4 Å². The summed E-state index contributed by atoms with van der Waals surface area (Å²) in [5, 5.41) is 6.72. The maximum absolute atomic E-state index is 10.9. The zero-order valence-electron chi connectivity index (χ0n) is 5.46. The molecule has 2 aromatic heterocycles. The third kappa shape index (κ3) is 1.32. The minimum absolute atomic E-state index is 0. The third-order valence-electron chi connectivity index (χ3n) is 1.25. The van der Waals surface area contributed by atoms with Crippen molar-refractivity contribution in [3.8, 4) is 0 Å². The quantitative estimate of drug-likeness (QED) is 0.619. The molecular formula is C5H4N4OPb. The number of fused-ring (bicyclic) bond motifs is 1. The van der Waals surface area contributed by atoms with Crippen LogP contribution in [0.5, 0.6) is 0 Å².